The summed E-state index contributed by atoms with van der Waals surface area (Å²) in [5.41, 5.74) is 0. The Kier molecular flexibility index (Phi) is 8.34. The first kappa shape index (κ1) is 25.2. The summed E-state index contributed by atoms with van der Waals surface area (Å²) in [5.74, 6) is 0.907. The van der Waals surface area contributed by atoms with Gasteiger partial charge in [0.2, 0.25) is 15.9 Å². The second kappa shape index (κ2) is 11.2. The molecule has 34 heavy (non-hydrogen) atoms. The standard InChI is InChI=1S/C24H37N3O6S/c1-31-22-7-6-21(17-23(22)32-2)34(29,30)27-12-8-19(9-13-27)24(28)26-11-4-10-25(14-15-26)18-20-5-3-16-33-20/h6-7,17,19-20H,3-5,8-16,18H2,1-2H3/t20-/m1/s1. The average Bonchev–Trinajstić information content (AvgIpc) is 3.27. The van der Waals surface area contributed by atoms with Gasteiger partial charge in [-0.3, -0.25) is 9.69 Å². The van der Waals surface area contributed by atoms with E-state index in [4.69, 9.17) is 14.2 Å². The Bertz CT molecular complexity index is 942. The zero-order chi connectivity index (χ0) is 24.1. The highest BCUT2D eigenvalue weighted by Crippen LogP contribution is 2.32. The number of ether oxygens (including phenoxy) is 3. The fourth-order valence-corrected chi connectivity index (χ4v) is 6.66. The highest BCUT2D eigenvalue weighted by Gasteiger charge is 2.35. The van der Waals surface area contributed by atoms with Crippen molar-refractivity contribution in [3.05, 3.63) is 18.2 Å². The predicted octanol–water partition coefficient (Wildman–Crippen LogP) is 1.82. The fraction of sp³-hybridized carbons (Fsp3) is 0.708. The molecule has 0 bridgehead atoms. The highest BCUT2D eigenvalue weighted by molar-refractivity contribution is 7.89. The summed E-state index contributed by atoms with van der Waals surface area (Å²) in [4.78, 5) is 17.8. The van der Waals surface area contributed by atoms with Crippen molar-refractivity contribution in [1.82, 2.24) is 14.1 Å². The number of carbonyl (C=O) groups is 1. The van der Waals surface area contributed by atoms with Gasteiger partial charge in [-0.25, -0.2) is 8.42 Å². The van der Waals surface area contributed by atoms with Crippen LogP contribution < -0.4 is 9.47 Å². The second-order valence-electron chi connectivity index (χ2n) is 9.31. The predicted molar refractivity (Wildman–Crippen MR) is 128 cm³/mol. The lowest BCUT2D eigenvalue weighted by atomic mass is 9.96. The van der Waals surface area contributed by atoms with Gasteiger partial charge in [-0.2, -0.15) is 4.31 Å². The van der Waals surface area contributed by atoms with Crippen molar-refractivity contribution in [2.24, 2.45) is 5.92 Å². The first-order valence-corrected chi connectivity index (χ1v) is 13.7. The van der Waals surface area contributed by atoms with Crippen molar-refractivity contribution in [3.8, 4) is 11.5 Å². The molecular weight excluding hydrogens is 458 g/mol. The van der Waals surface area contributed by atoms with E-state index < -0.39 is 10.0 Å². The normalized spacial score (nSPS) is 23.6. The fourth-order valence-electron chi connectivity index (χ4n) is 5.18. The molecule has 3 heterocycles. The third-order valence-electron chi connectivity index (χ3n) is 7.18. The quantitative estimate of drug-likeness (QED) is 0.570. The molecule has 1 aromatic rings. The minimum Gasteiger partial charge on any atom is -0.493 e. The molecule has 10 heteroatoms. The van der Waals surface area contributed by atoms with E-state index in [1.165, 1.54) is 30.7 Å². The van der Waals surface area contributed by atoms with Crippen LogP contribution in [0.5, 0.6) is 11.5 Å². The molecule has 1 atom stereocenters. The molecule has 3 aliphatic heterocycles. The Labute approximate surface area is 203 Å². The minimum atomic E-state index is -3.66. The van der Waals surface area contributed by atoms with Gasteiger partial charge in [0.25, 0.3) is 0 Å². The van der Waals surface area contributed by atoms with Gasteiger partial charge in [-0.1, -0.05) is 0 Å². The number of rotatable bonds is 7. The number of hydrogen-bond donors (Lipinski definition) is 0. The van der Waals surface area contributed by atoms with Crippen LogP contribution in [-0.2, 0) is 19.6 Å². The monoisotopic (exact) mass is 495 g/mol. The van der Waals surface area contributed by atoms with Gasteiger partial charge >= 0.3 is 0 Å². The third-order valence-corrected chi connectivity index (χ3v) is 9.08. The third kappa shape index (κ3) is 5.67. The maximum Gasteiger partial charge on any atom is 0.243 e. The topological polar surface area (TPSA) is 88.6 Å². The van der Waals surface area contributed by atoms with Gasteiger partial charge in [-0.15, -0.1) is 0 Å². The Balaban J connectivity index is 1.31. The Morgan fingerprint density at radius 1 is 0.971 bits per heavy atom. The van der Waals surface area contributed by atoms with Crippen LogP contribution >= 0.6 is 0 Å². The van der Waals surface area contributed by atoms with Gasteiger partial charge in [0.15, 0.2) is 11.5 Å². The number of amides is 1. The van der Waals surface area contributed by atoms with Gasteiger partial charge in [-0.05, 0) is 50.8 Å². The Hall–Kier alpha value is -1.88. The van der Waals surface area contributed by atoms with E-state index in [0.717, 1.165) is 58.6 Å². The van der Waals surface area contributed by atoms with Crippen molar-refractivity contribution in [3.63, 3.8) is 0 Å². The summed E-state index contributed by atoms with van der Waals surface area (Å²) in [6.45, 7) is 5.86. The van der Waals surface area contributed by atoms with Crippen molar-refractivity contribution < 1.29 is 27.4 Å². The average molecular weight is 496 g/mol. The molecule has 0 aliphatic carbocycles. The van der Waals surface area contributed by atoms with E-state index in [-0.39, 0.29) is 16.7 Å². The van der Waals surface area contributed by atoms with Gasteiger partial charge in [0.05, 0.1) is 25.2 Å². The molecule has 3 fully saturated rings. The molecule has 190 valence electrons. The number of piperidine rings is 1. The summed E-state index contributed by atoms with van der Waals surface area (Å²) in [7, 11) is -0.668. The molecule has 0 spiro atoms. The van der Waals surface area contributed by atoms with Gasteiger partial charge in [0, 0.05) is 57.9 Å². The second-order valence-corrected chi connectivity index (χ2v) is 11.2. The molecule has 0 aromatic heterocycles. The van der Waals surface area contributed by atoms with E-state index in [1.54, 1.807) is 6.07 Å². The molecule has 3 saturated heterocycles. The maximum absolute atomic E-state index is 13.2. The van der Waals surface area contributed by atoms with Crippen LogP contribution in [0.4, 0.5) is 0 Å². The van der Waals surface area contributed by atoms with Gasteiger partial charge in [0.1, 0.15) is 0 Å². The Morgan fingerprint density at radius 3 is 2.41 bits per heavy atom. The summed E-state index contributed by atoms with van der Waals surface area (Å²) in [5, 5.41) is 0. The van der Waals surface area contributed by atoms with E-state index >= 15 is 0 Å². The zero-order valence-electron chi connectivity index (χ0n) is 20.3. The number of carbonyl (C=O) groups excluding carboxylic acids is 1. The lowest BCUT2D eigenvalue weighted by molar-refractivity contribution is -0.136. The van der Waals surface area contributed by atoms with Crippen LogP contribution in [0.25, 0.3) is 0 Å². The number of nitrogens with zero attached hydrogens (tertiary/aromatic N) is 3. The molecule has 0 saturated carbocycles. The lowest BCUT2D eigenvalue weighted by Gasteiger charge is -2.33. The van der Waals surface area contributed by atoms with Gasteiger partial charge < -0.3 is 19.1 Å². The van der Waals surface area contributed by atoms with Crippen molar-refractivity contribution in [2.45, 2.75) is 43.1 Å². The van der Waals surface area contributed by atoms with E-state index in [0.29, 0.717) is 43.5 Å². The summed E-state index contributed by atoms with van der Waals surface area (Å²) in [6, 6.07) is 4.63. The molecule has 3 aliphatic rings. The van der Waals surface area contributed by atoms with E-state index in [9.17, 15) is 13.2 Å². The summed E-state index contributed by atoms with van der Waals surface area (Å²) < 4.78 is 44.1. The van der Waals surface area contributed by atoms with Crippen molar-refractivity contribution in [2.75, 3.05) is 66.6 Å². The molecule has 9 nitrogen and oxygen atoms in total. The summed E-state index contributed by atoms with van der Waals surface area (Å²) >= 11 is 0. The summed E-state index contributed by atoms with van der Waals surface area (Å²) in [6.07, 6.45) is 4.65. The van der Waals surface area contributed by atoms with Crippen LogP contribution in [0.3, 0.4) is 0 Å². The van der Waals surface area contributed by atoms with Crippen LogP contribution in [-0.4, -0.2) is 101 Å². The number of sulfonamides is 1. The van der Waals surface area contributed by atoms with Crippen LogP contribution in [0, 0.1) is 5.92 Å². The minimum absolute atomic E-state index is 0.124. The van der Waals surface area contributed by atoms with Crippen LogP contribution in [0.1, 0.15) is 32.1 Å². The van der Waals surface area contributed by atoms with Crippen molar-refractivity contribution >= 4 is 15.9 Å². The van der Waals surface area contributed by atoms with Crippen molar-refractivity contribution in [1.29, 1.82) is 0 Å². The smallest absolute Gasteiger partial charge is 0.243 e. The SMILES string of the molecule is COc1ccc(S(=O)(=O)N2CCC(C(=O)N3CCCN(C[C@H]4CCCO4)CC3)CC2)cc1OC. The maximum atomic E-state index is 13.2. The Morgan fingerprint density at radius 2 is 1.74 bits per heavy atom. The molecule has 1 amide bonds. The number of methoxy groups -OCH3 is 2. The molecular formula is C24H37N3O6S. The molecule has 0 radical (unpaired) electrons. The number of hydrogen-bond acceptors (Lipinski definition) is 7. The molecule has 4 rings (SSSR count). The van der Waals surface area contributed by atoms with Crippen LogP contribution in [0.15, 0.2) is 23.1 Å². The van der Waals surface area contributed by atoms with E-state index in [2.05, 4.69) is 4.90 Å². The highest BCUT2D eigenvalue weighted by atomic mass is 32.2. The molecule has 1 aromatic carbocycles. The van der Waals surface area contributed by atoms with Crippen LogP contribution in [0.2, 0.25) is 0 Å². The largest absolute Gasteiger partial charge is 0.493 e. The molecule has 0 N–H and O–H groups in total. The van der Waals surface area contributed by atoms with E-state index in [1.807, 2.05) is 4.90 Å². The number of benzene rings is 1. The zero-order valence-corrected chi connectivity index (χ0v) is 21.1. The first-order valence-electron chi connectivity index (χ1n) is 12.3. The molecule has 0 unspecified atom stereocenters. The lowest BCUT2D eigenvalue weighted by Crippen LogP contribution is -2.45. The first-order chi connectivity index (χ1) is 16.4.